The van der Waals surface area contributed by atoms with Crippen LogP contribution in [-0.4, -0.2) is 55.0 Å². The lowest BCUT2D eigenvalue weighted by Crippen LogP contribution is -2.51. The van der Waals surface area contributed by atoms with Crippen LogP contribution in [0.5, 0.6) is 5.75 Å². The van der Waals surface area contributed by atoms with Crippen molar-refractivity contribution < 1.29 is 13.9 Å². The summed E-state index contributed by atoms with van der Waals surface area (Å²) in [4.78, 5) is 17.5. The molecule has 0 unspecified atom stereocenters. The molecule has 1 saturated carbocycles. The zero-order valence-corrected chi connectivity index (χ0v) is 16.8. The zero-order chi connectivity index (χ0) is 20.2. The number of hydrogen-bond donors (Lipinski definition) is 1. The molecule has 0 aromatic heterocycles. The van der Waals surface area contributed by atoms with Crippen LogP contribution in [0.15, 0.2) is 48.5 Å². The Balaban J connectivity index is 1.42. The van der Waals surface area contributed by atoms with E-state index in [1.165, 1.54) is 6.07 Å². The molecule has 1 N–H and O–H groups in total. The number of amides is 1. The van der Waals surface area contributed by atoms with Gasteiger partial charge in [-0.25, -0.2) is 4.39 Å². The predicted molar refractivity (Wildman–Crippen MR) is 110 cm³/mol. The second kappa shape index (κ2) is 8.93. The van der Waals surface area contributed by atoms with E-state index in [4.69, 9.17) is 4.74 Å². The molecular formula is C23H28FN3O2. The molecule has 0 radical (unpaired) electrons. The summed E-state index contributed by atoms with van der Waals surface area (Å²) < 4.78 is 19.0. The molecule has 1 heterocycles. The van der Waals surface area contributed by atoms with Crippen LogP contribution in [0.3, 0.4) is 0 Å². The molecule has 154 valence electrons. The molecule has 6 heteroatoms. The number of nitrogens with zero attached hydrogens (tertiary/aromatic N) is 2. The van der Waals surface area contributed by atoms with Gasteiger partial charge in [0.05, 0.1) is 7.11 Å². The van der Waals surface area contributed by atoms with Crippen LogP contribution >= 0.6 is 0 Å². The minimum Gasteiger partial charge on any atom is -0.496 e. The molecule has 4 rings (SSSR count). The lowest BCUT2D eigenvalue weighted by Gasteiger charge is -2.39. The number of carbonyl (C=O) groups excluding carboxylic acids is 1. The van der Waals surface area contributed by atoms with E-state index in [2.05, 4.69) is 15.1 Å². The largest absolute Gasteiger partial charge is 0.496 e. The molecule has 2 aromatic carbocycles. The summed E-state index contributed by atoms with van der Waals surface area (Å²) in [7, 11) is 1.61. The summed E-state index contributed by atoms with van der Waals surface area (Å²) in [6.45, 7) is 3.85. The number of rotatable bonds is 7. The highest BCUT2D eigenvalue weighted by Crippen LogP contribution is 2.27. The molecule has 0 bridgehead atoms. The van der Waals surface area contributed by atoms with Crippen molar-refractivity contribution in [3.05, 3.63) is 65.5 Å². The highest BCUT2D eigenvalue weighted by atomic mass is 19.1. The Kier molecular flexibility index (Phi) is 6.11. The Labute approximate surface area is 171 Å². The van der Waals surface area contributed by atoms with Gasteiger partial charge in [0, 0.05) is 44.3 Å². The number of carbonyl (C=O) groups is 1. The Hall–Kier alpha value is -2.44. The molecule has 2 aromatic rings. The molecule has 1 aliphatic heterocycles. The van der Waals surface area contributed by atoms with E-state index in [1.54, 1.807) is 19.2 Å². The molecule has 1 aliphatic carbocycles. The Morgan fingerprint density at radius 1 is 1.14 bits per heavy atom. The molecule has 1 atom stereocenters. The first-order chi connectivity index (χ1) is 14.1. The standard InChI is InChI=1S/C23H28FN3O2/c1-29-21-10-7-19(24)15-18(21)16-26-11-13-27(14-12-26)22(17-5-3-2-4-6-17)23(28)25-20-8-9-20/h2-7,10,15,20,22H,8-9,11-14,16H2,1H3,(H,25,28)/t22-/m1/s1. The molecule has 1 saturated heterocycles. The zero-order valence-electron chi connectivity index (χ0n) is 16.8. The second-order valence-corrected chi connectivity index (χ2v) is 7.86. The average molecular weight is 397 g/mol. The van der Waals surface area contributed by atoms with Gasteiger partial charge in [0.25, 0.3) is 0 Å². The van der Waals surface area contributed by atoms with Crippen LogP contribution in [0.1, 0.15) is 30.0 Å². The minimum absolute atomic E-state index is 0.0962. The maximum atomic E-state index is 13.7. The number of hydrogen-bond acceptors (Lipinski definition) is 4. The van der Waals surface area contributed by atoms with Gasteiger partial charge >= 0.3 is 0 Å². The SMILES string of the molecule is COc1ccc(F)cc1CN1CCN([C@@H](C(=O)NC2CC2)c2ccccc2)CC1. The third-order valence-electron chi connectivity index (χ3n) is 5.70. The third kappa shape index (κ3) is 4.95. The number of nitrogens with one attached hydrogen (secondary N) is 1. The fourth-order valence-corrected chi connectivity index (χ4v) is 3.96. The molecule has 5 nitrogen and oxygen atoms in total. The van der Waals surface area contributed by atoms with Crippen molar-refractivity contribution in [1.82, 2.24) is 15.1 Å². The van der Waals surface area contributed by atoms with Crippen LogP contribution < -0.4 is 10.1 Å². The van der Waals surface area contributed by atoms with Gasteiger partial charge in [-0.15, -0.1) is 0 Å². The second-order valence-electron chi connectivity index (χ2n) is 7.86. The highest BCUT2D eigenvalue weighted by molar-refractivity contribution is 5.83. The summed E-state index contributed by atoms with van der Waals surface area (Å²) in [5, 5.41) is 3.17. The fraction of sp³-hybridized carbons (Fsp3) is 0.435. The monoisotopic (exact) mass is 397 g/mol. The van der Waals surface area contributed by atoms with Crippen LogP contribution in [0.4, 0.5) is 4.39 Å². The van der Waals surface area contributed by atoms with Gasteiger partial charge in [-0.3, -0.25) is 14.6 Å². The van der Waals surface area contributed by atoms with Crippen LogP contribution in [-0.2, 0) is 11.3 Å². The van der Waals surface area contributed by atoms with Gasteiger partial charge in [0.2, 0.25) is 5.91 Å². The molecular weight excluding hydrogens is 369 g/mol. The number of methoxy groups -OCH3 is 1. The van der Waals surface area contributed by atoms with Gasteiger partial charge in [-0.1, -0.05) is 30.3 Å². The topological polar surface area (TPSA) is 44.8 Å². The van der Waals surface area contributed by atoms with Crippen LogP contribution in [0.2, 0.25) is 0 Å². The van der Waals surface area contributed by atoms with Crippen LogP contribution in [0.25, 0.3) is 0 Å². The summed E-state index contributed by atoms with van der Waals surface area (Å²) in [6.07, 6.45) is 2.16. The van der Waals surface area contributed by atoms with Crippen molar-refractivity contribution >= 4 is 5.91 Å². The van der Waals surface area contributed by atoms with Crippen molar-refractivity contribution in [3.8, 4) is 5.75 Å². The molecule has 1 amide bonds. The number of piperazine rings is 1. The van der Waals surface area contributed by atoms with Crippen molar-refractivity contribution in [2.75, 3.05) is 33.3 Å². The van der Waals surface area contributed by atoms with E-state index in [-0.39, 0.29) is 17.8 Å². The van der Waals surface area contributed by atoms with Gasteiger partial charge in [0.15, 0.2) is 0 Å². The first-order valence-corrected chi connectivity index (χ1v) is 10.3. The number of ether oxygens (including phenoxy) is 1. The van der Waals surface area contributed by atoms with Gasteiger partial charge in [-0.2, -0.15) is 0 Å². The maximum Gasteiger partial charge on any atom is 0.242 e. The normalized spacial score (nSPS) is 19.0. The first-order valence-electron chi connectivity index (χ1n) is 10.3. The van der Waals surface area contributed by atoms with E-state index in [0.717, 1.165) is 50.1 Å². The van der Waals surface area contributed by atoms with Gasteiger partial charge in [0.1, 0.15) is 17.6 Å². The molecule has 29 heavy (non-hydrogen) atoms. The van der Waals surface area contributed by atoms with E-state index in [0.29, 0.717) is 18.3 Å². The highest BCUT2D eigenvalue weighted by Gasteiger charge is 2.33. The smallest absolute Gasteiger partial charge is 0.242 e. The number of benzene rings is 2. The van der Waals surface area contributed by atoms with Crippen molar-refractivity contribution in [3.63, 3.8) is 0 Å². The minimum atomic E-state index is -0.261. The van der Waals surface area contributed by atoms with Gasteiger partial charge < -0.3 is 10.1 Å². The summed E-state index contributed by atoms with van der Waals surface area (Å²) in [5.41, 5.74) is 1.89. The first kappa shape index (κ1) is 19.9. The average Bonchev–Trinajstić information content (AvgIpc) is 3.54. The van der Waals surface area contributed by atoms with Crippen molar-refractivity contribution in [1.29, 1.82) is 0 Å². The van der Waals surface area contributed by atoms with Gasteiger partial charge in [-0.05, 0) is 36.6 Å². The predicted octanol–water partition coefficient (Wildman–Crippen LogP) is 2.97. The molecule has 2 fully saturated rings. The summed E-state index contributed by atoms with van der Waals surface area (Å²) in [5.74, 6) is 0.555. The quantitative estimate of drug-likeness (QED) is 0.780. The van der Waals surface area contributed by atoms with Crippen molar-refractivity contribution in [2.45, 2.75) is 31.5 Å². The van der Waals surface area contributed by atoms with E-state index in [9.17, 15) is 9.18 Å². The lowest BCUT2D eigenvalue weighted by molar-refractivity contribution is -0.127. The van der Waals surface area contributed by atoms with Crippen LogP contribution in [0, 0.1) is 5.82 Å². The summed E-state index contributed by atoms with van der Waals surface area (Å²) >= 11 is 0. The molecule has 2 aliphatic rings. The lowest BCUT2D eigenvalue weighted by atomic mass is 10.0. The van der Waals surface area contributed by atoms with E-state index >= 15 is 0 Å². The fourth-order valence-electron chi connectivity index (χ4n) is 3.96. The Morgan fingerprint density at radius 3 is 2.52 bits per heavy atom. The van der Waals surface area contributed by atoms with E-state index in [1.807, 2.05) is 30.3 Å². The molecule has 0 spiro atoms. The third-order valence-corrected chi connectivity index (χ3v) is 5.70. The van der Waals surface area contributed by atoms with Crippen molar-refractivity contribution in [2.24, 2.45) is 0 Å². The maximum absolute atomic E-state index is 13.7. The van der Waals surface area contributed by atoms with E-state index < -0.39 is 0 Å². The summed E-state index contributed by atoms with van der Waals surface area (Å²) in [6, 6.07) is 14.7. The number of halogens is 1. The Bertz CT molecular complexity index is 833. The Morgan fingerprint density at radius 2 is 1.86 bits per heavy atom.